The van der Waals surface area contributed by atoms with Gasteiger partial charge in [0.05, 0.1) is 12.7 Å². The second-order valence-corrected chi connectivity index (χ2v) is 3.80. The van der Waals surface area contributed by atoms with Crippen LogP contribution in [0.25, 0.3) is 0 Å². The van der Waals surface area contributed by atoms with E-state index in [2.05, 4.69) is 4.98 Å². The summed E-state index contributed by atoms with van der Waals surface area (Å²) < 4.78 is 18.2. The first-order valence-electron chi connectivity index (χ1n) is 5.46. The SMILES string of the molecule is COc1ccc(F)cc1C(=O)Cc1ccncc1. The van der Waals surface area contributed by atoms with E-state index in [0.29, 0.717) is 5.75 Å². The van der Waals surface area contributed by atoms with Gasteiger partial charge in [-0.1, -0.05) is 0 Å². The van der Waals surface area contributed by atoms with Gasteiger partial charge in [-0.2, -0.15) is 0 Å². The van der Waals surface area contributed by atoms with E-state index in [1.54, 1.807) is 24.5 Å². The molecule has 3 nitrogen and oxygen atoms in total. The Morgan fingerprint density at radius 3 is 2.67 bits per heavy atom. The molecule has 0 bridgehead atoms. The number of Topliss-reactive ketones (excluding diaryl/α,β-unsaturated/α-hetero) is 1. The minimum absolute atomic E-state index is 0.183. The Labute approximate surface area is 104 Å². The summed E-state index contributed by atoms with van der Waals surface area (Å²) in [6, 6.07) is 7.42. The zero-order valence-corrected chi connectivity index (χ0v) is 9.89. The lowest BCUT2D eigenvalue weighted by Gasteiger charge is -2.07. The van der Waals surface area contributed by atoms with E-state index in [9.17, 15) is 9.18 Å². The van der Waals surface area contributed by atoms with E-state index in [0.717, 1.165) is 5.56 Å². The third kappa shape index (κ3) is 2.71. The van der Waals surface area contributed by atoms with Crippen LogP contribution in [-0.2, 0) is 6.42 Å². The van der Waals surface area contributed by atoms with Gasteiger partial charge in [0.15, 0.2) is 5.78 Å². The predicted octanol–water partition coefficient (Wildman–Crippen LogP) is 2.65. The molecule has 1 aromatic carbocycles. The number of pyridine rings is 1. The van der Waals surface area contributed by atoms with Gasteiger partial charge < -0.3 is 4.74 Å². The van der Waals surface area contributed by atoms with Crippen molar-refractivity contribution < 1.29 is 13.9 Å². The van der Waals surface area contributed by atoms with Crippen LogP contribution in [0.15, 0.2) is 42.7 Å². The number of nitrogens with zero attached hydrogens (tertiary/aromatic N) is 1. The lowest BCUT2D eigenvalue weighted by Crippen LogP contribution is -2.06. The molecule has 2 aromatic rings. The second kappa shape index (κ2) is 5.40. The number of methoxy groups -OCH3 is 1. The number of carbonyl (C=O) groups excluding carboxylic acids is 1. The van der Waals surface area contributed by atoms with Gasteiger partial charge in [-0.05, 0) is 35.9 Å². The highest BCUT2D eigenvalue weighted by Crippen LogP contribution is 2.21. The lowest BCUT2D eigenvalue weighted by atomic mass is 10.0. The molecule has 0 N–H and O–H groups in total. The van der Waals surface area contributed by atoms with Gasteiger partial charge in [0.25, 0.3) is 0 Å². The first kappa shape index (κ1) is 12.2. The van der Waals surface area contributed by atoms with E-state index >= 15 is 0 Å². The molecule has 4 heteroatoms. The van der Waals surface area contributed by atoms with Crippen LogP contribution < -0.4 is 4.74 Å². The average molecular weight is 245 g/mol. The maximum absolute atomic E-state index is 13.2. The zero-order valence-electron chi connectivity index (χ0n) is 9.89. The van der Waals surface area contributed by atoms with E-state index in [4.69, 9.17) is 4.74 Å². The summed E-state index contributed by atoms with van der Waals surface area (Å²) >= 11 is 0. The molecule has 0 spiro atoms. The van der Waals surface area contributed by atoms with Crippen LogP contribution in [0, 0.1) is 5.82 Å². The third-order valence-electron chi connectivity index (χ3n) is 2.58. The molecule has 0 aliphatic carbocycles. The normalized spacial score (nSPS) is 10.1. The Morgan fingerprint density at radius 1 is 1.28 bits per heavy atom. The minimum atomic E-state index is -0.450. The van der Waals surface area contributed by atoms with Crippen LogP contribution in [-0.4, -0.2) is 17.9 Å². The van der Waals surface area contributed by atoms with Crippen LogP contribution in [0.1, 0.15) is 15.9 Å². The summed E-state index contributed by atoms with van der Waals surface area (Å²) in [5, 5.41) is 0. The van der Waals surface area contributed by atoms with Crippen LogP contribution in [0.2, 0.25) is 0 Å². The quantitative estimate of drug-likeness (QED) is 0.777. The molecule has 18 heavy (non-hydrogen) atoms. The van der Waals surface area contributed by atoms with Crippen molar-refractivity contribution in [3.8, 4) is 5.75 Å². The molecule has 0 saturated heterocycles. The van der Waals surface area contributed by atoms with E-state index < -0.39 is 5.82 Å². The summed E-state index contributed by atoms with van der Waals surface area (Å²) in [6.07, 6.45) is 3.43. The number of ether oxygens (including phenoxy) is 1. The Morgan fingerprint density at radius 2 is 2.00 bits per heavy atom. The van der Waals surface area contributed by atoms with Crippen LogP contribution in [0.5, 0.6) is 5.75 Å². The molecule has 0 aliphatic heterocycles. The largest absolute Gasteiger partial charge is 0.496 e. The van der Waals surface area contributed by atoms with Gasteiger partial charge in [-0.25, -0.2) is 4.39 Å². The average Bonchev–Trinajstić information content (AvgIpc) is 2.40. The van der Waals surface area contributed by atoms with Crippen molar-refractivity contribution in [2.24, 2.45) is 0 Å². The molecule has 2 rings (SSSR count). The number of ketones is 1. The van der Waals surface area contributed by atoms with Crippen molar-refractivity contribution in [2.75, 3.05) is 7.11 Å². The smallest absolute Gasteiger partial charge is 0.171 e. The van der Waals surface area contributed by atoms with Gasteiger partial charge in [0.1, 0.15) is 11.6 Å². The molecule has 0 aliphatic rings. The lowest BCUT2D eigenvalue weighted by molar-refractivity contribution is 0.0989. The zero-order chi connectivity index (χ0) is 13.0. The number of benzene rings is 1. The third-order valence-corrected chi connectivity index (χ3v) is 2.58. The molecule has 92 valence electrons. The van der Waals surface area contributed by atoms with Crippen molar-refractivity contribution in [1.82, 2.24) is 4.98 Å². The molecule has 0 unspecified atom stereocenters. The maximum atomic E-state index is 13.2. The number of carbonyl (C=O) groups is 1. The number of rotatable bonds is 4. The summed E-state index contributed by atoms with van der Waals surface area (Å²) in [6.45, 7) is 0. The van der Waals surface area contributed by atoms with E-state index in [-0.39, 0.29) is 17.8 Å². The Hall–Kier alpha value is -2.23. The standard InChI is InChI=1S/C14H12FNO2/c1-18-14-3-2-11(15)9-12(14)13(17)8-10-4-6-16-7-5-10/h2-7,9H,8H2,1H3. The van der Waals surface area contributed by atoms with Crippen molar-refractivity contribution in [1.29, 1.82) is 0 Å². The second-order valence-electron chi connectivity index (χ2n) is 3.80. The van der Waals surface area contributed by atoms with E-state index in [1.165, 1.54) is 25.3 Å². The van der Waals surface area contributed by atoms with Crippen LogP contribution in [0.3, 0.4) is 0 Å². The molecule has 1 heterocycles. The fourth-order valence-corrected chi connectivity index (χ4v) is 1.68. The molecule has 1 aromatic heterocycles. The summed E-state index contributed by atoms with van der Waals surface area (Å²) in [5.41, 5.74) is 1.09. The van der Waals surface area contributed by atoms with Gasteiger partial charge in [0.2, 0.25) is 0 Å². The van der Waals surface area contributed by atoms with Gasteiger partial charge in [-0.15, -0.1) is 0 Å². The Balaban J connectivity index is 2.26. The number of hydrogen-bond acceptors (Lipinski definition) is 3. The molecular weight excluding hydrogens is 233 g/mol. The number of aromatic nitrogens is 1. The molecule has 0 radical (unpaired) electrons. The topological polar surface area (TPSA) is 39.2 Å². The van der Waals surface area contributed by atoms with Crippen molar-refractivity contribution in [3.63, 3.8) is 0 Å². The van der Waals surface area contributed by atoms with Crippen molar-refractivity contribution >= 4 is 5.78 Å². The summed E-state index contributed by atoms with van der Waals surface area (Å²) in [7, 11) is 1.45. The van der Waals surface area contributed by atoms with Crippen molar-refractivity contribution in [2.45, 2.75) is 6.42 Å². The number of hydrogen-bond donors (Lipinski definition) is 0. The highest BCUT2D eigenvalue weighted by molar-refractivity contribution is 5.99. The van der Waals surface area contributed by atoms with Gasteiger partial charge >= 0.3 is 0 Å². The number of halogens is 1. The fraction of sp³-hybridized carbons (Fsp3) is 0.143. The minimum Gasteiger partial charge on any atom is -0.496 e. The maximum Gasteiger partial charge on any atom is 0.171 e. The fourth-order valence-electron chi connectivity index (χ4n) is 1.68. The molecule has 0 atom stereocenters. The highest BCUT2D eigenvalue weighted by Gasteiger charge is 2.13. The first-order chi connectivity index (χ1) is 8.70. The van der Waals surface area contributed by atoms with Crippen LogP contribution in [0.4, 0.5) is 4.39 Å². The Bertz CT molecular complexity index is 555. The summed E-state index contributed by atoms with van der Waals surface area (Å²) in [4.78, 5) is 16.0. The van der Waals surface area contributed by atoms with E-state index in [1.807, 2.05) is 0 Å². The molecular formula is C14H12FNO2. The Kier molecular flexibility index (Phi) is 3.67. The predicted molar refractivity (Wildman–Crippen MR) is 65.2 cm³/mol. The molecule has 0 saturated carbocycles. The highest BCUT2D eigenvalue weighted by atomic mass is 19.1. The summed E-state index contributed by atoms with van der Waals surface area (Å²) in [5.74, 6) is -0.248. The first-order valence-corrected chi connectivity index (χ1v) is 5.46. The van der Waals surface area contributed by atoms with Crippen LogP contribution >= 0.6 is 0 Å². The van der Waals surface area contributed by atoms with Gasteiger partial charge in [0, 0.05) is 18.8 Å². The molecule has 0 fully saturated rings. The van der Waals surface area contributed by atoms with Crippen molar-refractivity contribution in [3.05, 3.63) is 59.7 Å². The molecule has 0 amide bonds. The van der Waals surface area contributed by atoms with Gasteiger partial charge in [-0.3, -0.25) is 9.78 Å². The monoisotopic (exact) mass is 245 g/mol.